The van der Waals surface area contributed by atoms with Gasteiger partial charge in [-0.25, -0.2) is 4.79 Å². The van der Waals surface area contributed by atoms with Crippen LogP contribution in [-0.4, -0.2) is 105 Å². The summed E-state index contributed by atoms with van der Waals surface area (Å²) in [4.78, 5) is 28.3. The minimum absolute atomic E-state index is 0.0592. The van der Waals surface area contributed by atoms with E-state index in [0.717, 1.165) is 77.5 Å². The average Bonchev–Trinajstić information content (AvgIpc) is 0.801. The summed E-state index contributed by atoms with van der Waals surface area (Å²) < 4.78 is 91.1. The zero-order valence-corrected chi connectivity index (χ0v) is 54.9. The molecule has 7 aromatic rings. The van der Waals surface area contributed by atoms with Gasteiger partial charge in [-0.05, 0) is 83.4 Å². The van der Waals surface area contributed by atoms with Crippen molar-refractivity contribution in [3.63, 3.8) is 0 Å². The Balaban J connectivity index is 0.980. The summed E-state index contributed by atoms with van der Waals surface area (Å²) in [7, 11) is 1.41. The molecule has 0 radical (unpaired) electrons. The first-order valence-electron chi connectivity index (χ1n) is 34.2. The number of carbonyl (C=O) groups excluding carboxylic acids is 2. The van der Waals surface area contributed by atoms with Crippen molar-refractivity contribution in [3.05, 3.63) is 251 Å². The van der Waals surface area contributed by atoms with Crippen molar-refractivity contribution >= 4 is 11.9 Å². The second-order valence-corrected chi connectivity index (χ2v) is 25.6. The number of hydrogen-bond acceptors (Lipinski definition) is 15. The fourth-order valence-corrected chi connectivity index (χ4v) is 13.6. The summed E-state index contributed by atoms with van der Waals surface area (Å²) in [5.74, 6) is -0.838. The van der Waals surface area contributed by atoms with Crippen LogP contribution in [0, 0.1) is 11.8 Å². The molecule has 7 aromatic carbocycles. The lowest BCUT2D eigenvalue weighted by atomic mass is 9.81. The third kappa shape index (κ3) is 20.8. The molecule has 2 aliphatic heterocycles. The first kappa shape index (κ1) is 69.4. The zero-order valence-electron chi connectivity index (χ0n) is 54.9. The fourth-order valence-electron chi connectivity index (χ4n) is 13.6. The molecule has 0 spiro atoms. The van der Waals surface area contributed by atoms with Crippen LogP contribution in [0.3, 0.4) is 0 Å². The highest BCUT2D eigenvalue weighted by Gasteiger charge is 2.54. The Hall–Kier alpha value is -6.96. The van der Waals surface area contributed by atoms with Crippen LogP contribution in [0.4, 0.5) is 0 Å². The van der Waals surface area contributed by atoms with Crippen molar-refractivity contribution in [2.24, 2.45) is 11.8 Å². The Morgan fingerprint density at radius 3 is 1.36 bits per heavy atom. The van der Waals surface area contributed by atoms with Crippen molar-refractivity contribution in [3.8, 4) is 0 Å². The van der Waals surface area contributed by atoms with Gasteiger partial charge in [0.05, 0.1) is 71.7 Å². The molecule has 14 atom stereocenters. The van der Waals surface area contributed by atoms with E-state index in [4.69, 9.17) is 61.6 Å². The van der Waals surface area contributed by atoms with Crippen LogP contribution in [0.5, 0.6) is 0 Å². The summed E-state index contributed by atoms with van der Waals surface area (Å²) in [5.41, 5.74) is 6.62. The predicted molar refractivity (Wildman–Crippen MR) is 359 cm³/mol. The van der Waals surface area contributed by atoms with Gasteiger partial charge in [0.1, 0.15) is 49.3 Å². The third-order valence-corrected chi connectivity index (χ3v) is 18.7. The van der Waals surface area contributed by atoms with Crippen LogP contribution >= 0.6 is 0 Å². The normalized spacial score (nSPS) is 25.9. The number of benzene rings is 7. The molecule has 0 bridgehead atoms. The first-order valence-corrected chi connectivity index (χ1v) is 34.2. The predicted octanol–water partition coefficient (Wildman–Crippen LogP) is 14.6. The van der Waals surface area contributed by atoms with Crippen molar-refractivity contribution < 1.29 is 71.2 Å². The largest absolute Gasteiger partial charge is 0.469 e. The smallest absolute Gasteiger partial charge is 0.335 e. The summed E-state index contributed by atoms with van der Waals surface area (Å²) in [6.45, 7) is 3.53. The topological polar surface area (TPSA) is 154 Å². The Labute approximate surface area is 560 Å². The van der Waals surface area contributed by atoms with Crippen LogP contribution in [0.1, 0.15) is 116 Å². The van der Waals surface area contributed by atoms with E-state index in [1.54, 1.807) is 0 Å². The Morgan fingerprint density at radius 1 is 0.432 bits per heavy atom. The number of methoxy groups -OCH3 is 1. The highest BCUT2D eigenvalue weighted by Crippen LogP contribution is 2.41. The maximum atomic E-state index is 15.1. The molecule has 2 saturated heterocycles. The Kier molecular flexibility index (Phi) is 27.0. The van der Waals surface area contributed by atoms with E-state index in [0.29, 0.717) is 32.3 Å². The second-order valence-electron chi connectivity index (χ2n) is 25.6. The van der Waals surface area contributed by atoms with Gasteiger partial charge in [-0.15, -0.1) is 0 Å². The van der Waals surface area contributed by atoms with Gasteiger partial charge < -0.3 is 61.6 Å². The lowest BCUT2D eigenvalue weighted by Crippen LogP contribution is -2.64. The average molecular weight is 1300 g/mol. The van der Waals surface area contributed by atoms with Crippen LogP contribution < -0.4 is 0 Å². The van der Waals surface area contributed by atoms with Crippen molar-refractivity contribution in [2.45, 2.75) is 204 Å². The van der Waals surface area contributed by atoms with E-state index >= 15 is 4.79 Å². The molecule has 2 aliphatic carbocycles. The molecule has 2 heterocycles. The first-order chi connectivity index (χ1) is 46.8. The lowest BCUT2D eigenvalue weighted by molar-refractivity contribution is -0.364. The van der Waals surface area contributed by atoms with E-state index in [1.165, 1.54) is 7.11 Å². The molecular weight excluding hydrogens is 1200 g/mol. The number of carbonyl (C=O) groups is 2. The number of ether oxygens (including phenoxy) is 13. The third-order valence-electron chi connectivity index (χ3n) is 18.7. The van der Waals surface area contributed by atoms with Gasteiger partial charge in [0.25, 0.3) is 0 Å². The molecule has 0 unspecified atom stereocenters. The van der Waals surface area contributed by atoms with Gasteiger partial charge >= 0.3 is 11.9 Å². The maximum absolute atomic E-state index is 15.1. The monoisotopic (exact) mass is 1290 g/mol. The SMILES string of the molecule is COC(=O)CC[C@H]1CCC[C@@H](O[C@@H]2O[C@H](COCc3ccccc3)[C@H](OCc3ccccc3)[C@H](O[C@@H](CC3CCCCC3)C(=O)OCc3ccccc3)[C@H]2OCc2ccccc2)[C@@H]1O[C@@H]1O[C@@H](C)[C@@H](OCc2ccccc2)[C@@H](OCc2ccccc2)[C@@H]1OCc1ccccc1. The van der Waals surface area contributed by atoms with Gasteiger partial charge in [0, 0.05) is 6.42 Å². The maximum Gasteiger partial charge on any atom is 0.335 e. The molecule has 504 valence electrons. The minimum Gasteiger partial charge on any atom is -0.469 e. The number of esters is 2. The molecule has 11 rings (SSSR count). The summed E-state index contributed by atoms with van der Waals surface area (Å²) >= 11 is 0. The molecule has 15 nitrogen and oxygen atoms in total. The number of rotatable bonds is 33. The van der Waals surface area contributed by atoms with E-state index in [1.807, 2.05) is 219 Å². The van der Waals surface area contributed by atoms with Crippen molar-refractivity contribution in [1.82, 2.24) is 0 Å². The molecule has 0 N–H and O–H groups in total. The summed E-state index contributed by atoms with van der Waals surface area (Å²) in [6.07, 6.45) is -2.93. The highest BCUT2D eigenvalue weighted by atomic mass is 16.8. The van der Waals surface area contributed by atoms with E-state index in [2.05, 4.69) is 0 Å². The van der Waals surface area contributed by atoms with Crippen LogP contribution in [0.2, 0.25) is 0 Å². The zero-order chi connectivity index (χ0) is 65.2. The van der Waals surface area contributed by atoms with Gasteiger partial charge in [-0.3, -0.25) is 4.79 Å². The molecule has 2 saturated carbocycles. The standard InChI is InChI=1S/C80H94O15/c1-57-71(85-50-60-32-15-5-16-33-60)74(87-52-62-36-19-7-20-37-62)76(88-53-63-38-21-8-22-39-63)79(91-57)95-72-66(46-47-70(81)83-2)44-27-45-67(72)93-80-77(89-54-64-40-23-9-24-41-64)75(92-68(48-58-28-11-3-12-29-58)78(82)90-55-65-42-25-10-26-43-65)73(86-51-61-34-17-6-18-35-61)69(94-80)56-84-49-59-30-13-4-14-31-59/h4-10,13-26,30-43,57-58,66-69,71-77,79-80H,3,11-12,27-29,44-56H2,1-2H3/t57-,66+,67+,68-,69+,71+,72+,73-,74+,75-,76-,77+,79-,80+/m0/s1. The number of hydrogen-bond donors (Lipinski definition) is 0. The van der Waals surface area contributed by atoms with Gasteiger partial charge in [-0.2, -0.15) is 0 Å². The minimum atomic E-state index is -1.18. The van der Waals surface area contributed by atoms with Crippen LogP contribution in [0.25, 0.3) is 0 Å². The summed E-state index contributed by atoms with van der Waals surface area (Å²) in [5, 5.41) is 0. The van der Waals surface area contributed by atoms with E-state index < -0.39 is 85.7 Å². The molecule has 15 heteroatoms. The molecule has 0 amide bonds. The van der Waals surface area contributed by atoms with Gasteiger partial charge in [-0.1, -0.05) is 251 Å². The van der Waals surface area contributed by atoms with E-state index in [-0.39, 0.29) is 70.5 Å². The lowest BCUT2D eigenvalue weighted by Gasteiger charge is -2.50. The quantitative estimate of drug-likeness (QED) is 0.0358. The van der Waals surface area contributed by atoms with Gasteiger partial charge in [0.2, 0.25) is 0 Å². The molecular formula is C80H94O15. The van der Waals surface area contributed by atoms with Crippen molar-refractivity contribution in [2.75, 3.05) is 13.7 Å². The highest BCUT2D eigenvalue weighted by molar-refractivity contribution is 5.74. The molecule has 4 fully saturated rings. The Bertz CT molecular complexity index is 3270. The molecule has 0 aromatic heterocycles. The molecule has 4 aliphatic rings. The second kappa shape index (κ2) is 37.0. The Morgan fingerprint density at radius 2 is 0.863 bits per heavy atom. The molecule has 95 heavy (non-hydrogen) atoms. The van der Waals surface area contributed by atoms with Crippen molar-refractivity contribution in [1.29, 1.82) is 0 Å². The van der Waals surface area contributed by atoms with E-state index in [9.17, 15) is 4.79 Å². The van der Waals surface area contributed by atoms with Crippen LogP contribution in [-0.2, 0) is 117 Å². The fraction of sp³-hybridized carbons (Fsp3) is 0.450. The van der Waals surface area contributed by atoms with Crippen LogP contribution in [0.15, 0.2) is 212 Å². The van der Waals surface area contributed by atoms with Gasteiger partial charge in [0.15, 0.2) is 18.7 Å². The summed E-state index contributed by atoms with van der Waals surface area (Å²) in [6, 6.07) is 69.8.